The van der Waals surface area contributed by atoms with Gasteiger partial charge in [0.2, 0.25) is 0 Å². The number of ketones is 1. The van der Waals surface area contributed by atoms with E-state index in [2.05, 4.69) is 14.5 Å². The number of thioether (sulfide) groups is 1. The second kappa shape index (κ2) is 6.79. The number of nitrogens with zero attached hydrogens (tertiary/aromatic N) is 3. The fourth-order valence-electron chi connectivity index (χ4n) is 2.59. The minimum atomic E-state index is 0.0951. The Hall–Kier alpha value is -2.40. The summed E-state index contributed by atoms with van der Waals surface area (Å²) in [5.41, 5.74) is 3.85. The number of hydrogen-bond acceptors (Lipinski definition) is 4. The number of para-hydroxylation sites is 1. The summed E-state index contributed by atoms with van der Waals surface area (Å²) < 4.78 is 2.11. The maximum absolute atomic E-state index is 12.5. The third-order valence-corrected chi connectivity index (χ3v) is 4.50. The molecule has 0 aliphatic heterocycles. The molecule has 0 spiro atoms. The van der Waals surface area contributed by atoms with E-state index in [9.17, 15) is 4.79 Å². The zero-order chi connectivity index (χ0) is 16.2. The van der Waals surface area contributed by atoms with Crippen LogP contribution in [-0.4, -0.2) is 26.1 Å². The lowest BCUT2D eigenvalue weighted by atomic mass is 10.2. The fourth-order valence-corrected chi connectivity index (χ4v) is 3.27. The molecule has 0 bridgehead atoms. The molecule has 0 aliphatic carbocycles. The lowest BCUT2D eigenvalue weighted by molar-refractivity contribution is 0.102. The van der Waals surface area contributed by atoms with Crippen LogP contribution in [0.25, 0.3) is 5.69 Å². The van der Waals surface area contributed by atoms with Crippen molar-refractivity contribution in [2.45, 2.75) is 19.0 Å². The van der Waals surface area contributed by atoms with E-state index < -0.39 is 0 Å². The number of carbonyl (C=O) groups is 1. The number of Topliss-reactive ketones (excluding diaryl/α,β-unsaturated/α-hetero) is 1. The van der Waals surface area contributed by atoms with Crippen molar-refractivity contribution in [1.82, 2.24) is 14.5 Å². The Morgan fingerprint density at radius 1 is 1.09 bits per heavy atom. The number of benzene rings is 1. The van der Waals surface area contributed by atoms with E-state index in [1.165, 1.54) is 11.8 Å². The number of aryl methyl sites for hydroxylation is 1. The first-order valence-electron chi connectivity index (χ1n) is 7.34. The first-order valence-corrected chi connectivity index (χ1v) is 8.33. The molecular weight excluding hydrogens is 306 g/mol. The molecule has 23 heavy (non-hydrogen) atoms. The van der Waals surface area contributed by atoms with Crippen molar-refractivity contribution in [3.8, 4) is 5.69 Å². The topological polar surface area (TPSA) is 47.8 Å². The Morgan fingerprint density at radius 3 is 2.48 bits per heavy atom. The molecule has 4 nitrogen and oxygen atoms in total. The molecule has 3 rings (SSSR count). The third kappa shape index (κ3) is 3.35. The highest BCUT2D eigenvalue weighted by molar-refractivity contribution is 7.99. The van der Waals surface area contributed by atoms with Gasteiger partial charge in [-0.3, -0.25) is 4.79 Å². The summed E-state index contributed by atoms with van der Waals surface area (Å²) in [6.07, 6.45) is 3.36. The van der Waals surface area contributed by atoms with Crippen molar-refractivity contribution < 1.29 is 4.79 Å². The van der Waals surface area contributed by atoms with Crippen LogP contribution in [0, 0.1) is 13.8 Å². The van der Waals surface area contributed by atoms with Crippen LogP contribution in [0.1, 0.15) is 21.7 Å². The van der Waals surface area contributed by atoms with Gasteiger partial charge in [-0.2, -0.15) is 0 Å². The minimum absolute atomic E-state index is 0.0951. The van der Waals surface area contributed by atoms with E-state index in [1.54, 1.807) is 18.5 Å². The van der Waals surface area contributed by atoms with Crippen molar-refractivity contribution in [2.75, 3.05) is 5.75 Å². The van der Waals surface area contributed by atoms with Crippen molar-refractivity contribution >= 4 is 17.5 Å². The molecule has 1 aromatic carbocycles. The number of carbonyl (C=O) groups excluding carboxylic acids is 1. The summed E-state index contributed by atoms with van der Waals surface area (Å²) in [5, 5.41) is 0.623. The second-order valence-electron chi connectivity index (χ2n) is 5.20. The van der Waals surface area contributed by atoms with E-state index in [-0.39, 0.29) is 5.78 Å². The smallest absolute Gasteiger partial charge is 0.187 e. The van der Waals surface area contributed by atoms with Gasteiger partial charge in [-0.15, -0.1) is 0 Å². The normalized spacial score (nSPS) is 10.7. The number of aromatic nitrogens is 3. The lowest BCUT2D eigenvalue weighted by Gasteiger charge is -2.09. The van der Waals surface area contributed by atoms with Gasteiger partial charge in [0, 0.05) is 35.0 Å². The van der Waals surface area contributed by atoms with Crippen LogP contribution in [0.5, 0.6) is 0 Å². The molecular formula is C18H17N3OS. The first kappa shape index (κ1) is 15.5. The Balaban J connectivity index is 1.82. The lowest BCUT2D eigenvalue weighted by Crippen LogP contribution is -2.06. The molecule has 5 heteroatoms. The van der Waals surface area contributed by atoms with Gasteiger partial charge < -0.3 is 4.57 Å². The van der Waals surface area contributed by atoms with Crippen LogP contribution in [0.15, 0.2) is 60.0 Å². The van der Waals surface area contributed by atoms with E-state index >= 15 is 0 Å². The summed E-state index contributed by atoms with van der Waals surface area (Å²) >= 11 is 1.36. The van der Waals surface area contributed by atoms with Gasteiger partial charge in [0.1, 0.15) is 0 Å². The molecule has 0 amide bonds. The van der Waals surface area contributed by atoms with Crippen molar-refractivity contribution in [3.05, 3.63) is 71.8 Å². The minimum Gasteiger partial charge on any atom is -0.318 e. The molecule has 116 valence electrons. The molecule has 0 fully saturated rings. The molecule has 0 unspecified atom stereocenters. The van der Waals surface area contributed by atoms with Crippen LogP contribution in [0.3, 0.4) is 0 Å². The monoisotopic (exact) mass is 323 g/mol. The van der Waals surface area contributed by atoms with Gasteiger partial charge in [0.25, 0.3) is 0 Å². The van der Waals surface area contributed by atoms with E-state index in [0.717, 1.165) is 22.6 Å². The second-order valence-corrected chi connectivity index (χ2v) is 6.14. The molecule has 3 aromatic rings. The van der Waals surface area contributed by atoms with E-state index in [4.69, 9.17) is 0 Å². The summed E-state index contributed by atoms with van der Waals surface area (Å²) in [7, 11) is 0. The summed E-state index contributed by atoms with van der Waals surface area (Å²) in [6.45, 7) is 4.00. The summed E-state index contributed by atoms with van der Waals surface area (Å²) in [4.78, 5) is 20.8. The molecule has 0 saturated heterocycles. The van der Waals surface area contributed by atoms with Gasteiger partial charge in [-0.25, -0.2) is 9.97 Å². The SMILES string of the molecule is Cc1cc(C(=O)CSc2ncccn2)c(C)n1-c1ccccc1. The summed E-state index contributed by atoms with van der Waals surface area (Å²) in [6, 6.07) is 13.8. The Morgan fingerprint density at radius 2 is 1.78 bits per heavy atom. The Bertz CT molecular complexity index is 813. The largest absolute Gasteiger partial charge is 0.318 e. The quantitative estimate of drug-likeness (QED) is 0.406. The van der Waals surface area contributed by atoms with Crippen molar-refractivity contribution in [3.63, 3.8) is 0 Å². The average Bonchev–Trinajstić information content (AvgIpc) is 2.89. The van der Waals surface area contributed by atoms with Gasteiger partial charge in [-0.1, -0.05) is 30.0 Å². The molecule has 0 saturated carbocycles. The third-order valence-electron chi connectivity index (χ3n) is 3.62. The molecule has 0 N–H and O–H groups in total. The molecule has 0 atom stereocenters. The van der Waals surface area contributed by atoms with E-state index in [1.807, 2.05) is 50.2 Å². The maximum Gasteiger partial charge on any atom is 0.187 e. The maximum atomic E-state index is 12.5. The van der Waals surface area contributed by atoms with Gasteiger partial charge in [-0.05, 0) is 38.1 Å². The Kier molecular flexibility index (Phi) is 4.57. The number of rotatable bonds is 5. The average molecular weight is 323 g/mol. The van der Waals surface area contributed by atoms with Crippen LogP contribution < -0.4 is 0 Å². The Labute approximate surface area is 139 Å². The zero-order valence-corrected chi connectivity index (χ0v) is 13.9. The summed E-state index contributed by atoms with van der Waals surface area (Å²) in [5.74, 6) is 0.432. The van der Waals surface area contributed by atoms with Gasteiger partial charge in [0.05, 0.1) is 5.75 Å². The van der Waals surface area contributed by atoms with Crippen LogP contribution >= 0.6 is 11.8 Å². The molecule has 2 aromatic heterocycles. The van der Waals surface area contributed by atoms with Crippen LogP contribution in [0.2, 0.25) is 0 Å². The van der Waals surface area contributed by atoms with Crippen molar-refractivity contribution in [1.29, 1.82) is 0 Å². The van der Waals surface area contributed by atoms with Gasteiger partial charge >= 0.3 is 0 Å². The van der Waals surface area contributed by atoms with E-state index in [0.29, 0.717) is 10.9 Å². The molecule has 2 heterocycles. The number of hydrogen-bond donors (Lipinski definition) is 0. The highest BCUT2D eigenvalue weighted by Gasteiger charge is 2.17. The highest BCUT2D eigenvalue weighted by Crippen LogP contribution is 2.23. The predicted molar refractivity (Wildman–Crippen MR) is 92.3 cm³/mol. The van der Waals surface area contributed by atoms with Crippen molar-refractivity contribution in [2.24, 2.45) is 0 Å². The van der Waals surface area contributed by atoms with Crippen LogP contribution in [-0.2, 0) is 0 Å². The molecule has 0 aliphatic rings. The fraction of sp³-hybridized carbons (Fsp3) is 0.167. The van der Waals surface area contributed by atoms with Gasteiger partial charge in [0.15, 0.2) is 10.9 Å². The first-order chi connectivity index (χ1) is 11.2. The zero-order valence-electron chi connectivity index (χ0n) is 13.1. The predicted octanol–water partition coefficient (Wildman–Crippen LogP) is 3.86. The van der Waals surface area contributed by atoms with Crippen LogP contribution in [0.4, 0.5) is 0 Å². The molecule has 0 radical (unpaired) electrons. The highest BCUT2D eigenvalue weighted by atomic mass is 32.2. The standard InChI is InChI=1S/C18H17N3OS/c1-13-11-16(14(2)21(13)15-7-4-3-5-8-15)17(22)12-23-18-19-9-6-10-20-18/h3-11H,12H2,1-2H3.